The van der Waals surface area contributed by atoms with Gasteiger partial charge in [-0.2, -0.15) is 0 Å². The molecule has 3 heterocycles. The number of fused-ring (bicyclic) bond motifs is 1. The minimum atomic E-state index is -0.103. The zero-order chi connectivity index (χ0) is 22.5. The molecule has 4 rings (SSSR count). The number of carbonyl (C=O) groups is 1. The highest BCUT2D eigenvalue weighted by atomic mass is 32.1. The van der Waals surface area contributed by atoms with Crippen molar-refractivity contribution < 1.29 is 4.79 Å². The van der Waals surface area contributed by atoms with Crippen molar-refractivity contribution in [2.75, 3.05) is 13.6 Å². The van der Waals surface area contributed by atoms with E-state index in [1.54, 1.807) is 0 Å². The second kappa shape index (κ2) is 10.4. The lowest BCUT2D eigenvalue weighted by Crippen LogP contribution is -2.38. The van der Waals surface area contributed by atoms with E-state index in [2.05, 4.69) is 65.5 Å². The fourth-order valence-electron chi connectivity index (χ4n) is 4.34. The van der Waals surface area contributed by atoms with Gasteiger partial charge in [0.15, 0.2) is 0 Å². The highest BCUT2D eigenvalue weighted by molar-refractivity contribution is 7.15. The number of urea groups is 1. The number of hydrogen-bond donors (Lipinski definition) is 2. The zero-order valence-corrected chi connectivity index (χ0v) is 20.1. The van der Waals surface area contributed by atoms with E-state index >= 15 is 0 Å². The lowest BCUT2D eigenvalue weighted by atomic mass is 9.93. The summed E-state index contributed by atoms with van der Waals surface area (Å²) in [4.78, 5) is 16.8. The van der Waals surface area contributed by atoms with Crippen LogP contribution in [0.5, 0.6) is 0 Å². The molecule has 1 aliphatic heterocycles. The first-order valence-corrected chi connectivity index (χ1v) is 12.4. The fraction of sp³-hybridized carbons (Fsp3) is 0.423. The largest absolute Gasteiger partial charge is 0.334 e. The van der Waals surface area contributed by atoms with Crippen molar-refractivity contribution in [1.82, 2.24) is 20.1 Å². The van der Waals surface area contributed by atoms with Crippen LogP contribution < -0.4 is 10.6 Å². The first kappa shape index (κ1) is 22.6. The summed E-state index contributed by atoms with van der Waals surface area (Å²) in [6, 6.07) is 14.1. The van der Waals surface area contributed by atoms with Crippen LogP contribution in [0, 0.1) is 5.92 Å². The van der Waals surface area contributed by atoms with Gasteiger partial charge in [0.05, 0.1) is 6.04 Å². The van der Waals surface area contributed by atoms with Gasteiger partial charge in [0.2, 0.25) is 0 Å². The Bertz CT molecular complexity index is 1010. The van der Waals surface area contributed by atoms with Crippen molar-refractivity contribution in [3.8, 4) is 5.00 Å². The number of carbonyl (C=O) groups excluding carboxylic acids is 1. The monoisotopic (exact) mass is 450 g/mol. The molecule has 1 aliphatic rings. The SMILES string of the molecule is CC(C)CCC(NC(=O)NCc1ccccc1)c1c(-n2cccc2)sc2c1CCN(C)C2. The maximum Gasteiger partial charge on any atom is 0.315 e. The Morgan fingerprint density at radius 1 is 1.09 bits per heavy atom. The second-order valence-corrected chi connectivity index (χ2v) is 10.2. The zero-order valence-electron chi connectivity index (χ0n) is 19.3. The van der Waals surface area contributed by atoms with Gasteiger partial charge < -0.3 is 20.1 Å². The van der Waals surface area contributed by atoms with Crippen LogP contribution >= 0.6 is 11.3 Å². The number of hydrogen-bond acceptors (Lipinski definition) is 3. The Kier molecular flexibility index (Phi) is 7.33. The smallest absolute Gasteiger partial charge is 0.315 e. The van der Waals surface area contributed by atoms with Gasteiger partial charge in [-0.15, -0.1) is 11.3 Å². The minimum absolute atomic E-state index is 0.00557. The van der Waals surface area contributed by atoms with Crippen LogP contribution in [0.2, 0.25) is 0 Å². The van der Waals surface area contributed by atoms with Gasteiger partial charge in [0.1, 0.15) is 5.00 Å². The molecule has 2 amide bonds. The highest BCUT2D eigenvalue weighted by Gasteiger charge is 2.29. The summed E-state index contributed by atoms with van der Waals surface area (Å²) in [6.07, 6.45) is 7.26. The van der Waals surface area contributed by atoms with Crippen LogP contribution in [0.3, 0.4) is 0 Å². The van der Waals surface area contributed by atoms with E-state index in [9.17, 15) is 4.79 Å². The summed E-state index contributed by atoms with van der Waals surface area (Å²) in [6.45, 7) is 7.06. The summed E-state index contributed by atoms with van der Waals surface area (Å²) in [5.41, 5.74) is 3.85. The van der Waals surface area contributed by atoms with Crippen LogP contribution in [-0.2, 0) is 19.5 Å². The van der Waals surface area contributed by atoms with Gasteiger partial charge >= 0.3 is 6.03 Å². The van der Waals surface area contributed by atoms with E-state index in [0.29, 0.717) is 12.5 Å². The molecule has 0 bridgehead atoms. The molecule has 0 spiro atoms. The third-order valence-electron chi connectivity index (χ3n) is 6.09. The molecule has 1 atom stereocenters. The number of nitrogens with zero attached hydrogens (tertiary/aromatic N) is 2. The topological polar surface area (TPSA) is 49.3 Å². The van der Waals surface area contributed by atoms with E-state index in [1.807, 2.05) is 41.7 Å². The summed E-state index contributed by atoms with van der Waals surface area (Å²) in [5, 5.41) is 7.64. The molecule has 0 radical (unpaired) electrons. The Morgan fingerprint density at radius 2 is 1.84 bits per heavy atom. The molecule has 0 aliphatic carbocycles. The van der Waals surface area contributed by atoms with E-state index in [1.165, 1.54) is 21.0 Å². The van der Waals surface area contributed by atoms with Gasteiger partial charge in [-0.25, -0.2) is 4.79 Å². The molecule has 0 saturated carbocycles. The molecule has 6 heteroatoms. The average molecular weight is 451 g/mol. The van der Waals surface area contributed by atoms with Crippen LogP contribution in [0.1, 0.15) is 54.3 Å². The molecule has 1 aromatic carbocycles. The highest BCUT2D eigenvalue weighted by Crippen LogP contribution is 2.40. The van der Waals surface area contributed by atoms with Crippen LogP contribution in [0.25, 0.3) is 5.00 Å². The van der Waals surface area contributed by atoms with Crippen molar-refractivity contribution in [3.63, 3.8) is 0 Å². The van der Waals surface area contributed by atoms with Crippen molar-refractivity contribution in [2.24, 2.45) is 5.92 Å². The summed E-state index contributed by atoms with van der Waals surface area (Å²) >= 11 is 1.87. The first-order valence-electron chi connectivity index (χ1n) is 11.6. The normalized spacial score (nSPS) is 14.9. The Morgan fingerprint density at radius 3 is 2.56 bits per heavy atom. The van der Waals surface area contributed by atoms with E-state index < -0.39 is 0 Å². The van der Waals surface area contributed by atoms with E-state index in [0.717, 1.165) is 37.9 Å². The molecule has 1 unspecified atom stereocenters. The van der Waals surface area contributed by atoms with Crippen LogP contribution in [0.15, 0.2) is 54.9 Å². The third kappa shape index (κ3) is 5.43. The molecule has 0 saturated heterocycles. The Balaban J connectivity index is 1.61. The van der Waals surface area contributed by atoms with Crippen molar-refractivity contribution in [1.29, 1.82) is 0 Å². The maximum atomic E-state index is 13.0. The quantitative estimate of drug-likeness (QED) is 0.476. The number of likely N-dealkylation sites (N-methyl/N-ethyl adjacent to an activating group) is 1. The molecule has 2 N–H and O–H groups in total. The first-order chi connectivity index (χ1) is 15.5. The number of thiophene rings is 1. The number of aromatic nitrogens is 1. The van der Waals surface area contributed by atoms with E-state index in [4.69, 9.17) is 0 Å². The van der Waals surface area contributed by atoms with Crippen LogP contribution in [-0.4, -0.2) is 29.1 Å². The number of rotatable bonds is 8. The molecule has 2 aromatic heterocycles. The molecule has 5 nitrogen and oxygen atoms in total. The standard InChI is InChI=1S/C26H34N4OS/c1-19(2)11-12-22(28-26(31)27-17-20-9-5-4-6-10-20)24-21-13-16-29(3)18-23(21)32-25(24)30-14-7-8-15-30/h4-10,14-15,19,22H,11-13,16-18H2,1-3H3,(H2,27,28,31). The number of amides is 2. The van der Waals surface area contributed by atoms with Crippen LogP contribution in [0.4, 0.5) is 4.79 Å². The minimum Gasteiger partial charge on any atom is -0.334 e. The van der Waals surface area contributed by atoms with Gasteiger partial charge in [-0.05, 0) is 55.5 Å². The third-order valence-corrected chi connectivity index (χ3v) is 7.34. The summed E-state index contributed by atoms with van der Waals surface area (Å²) in [7, 11) is 2.18. The van der Waals surface area contributed by atoms with Crippen molar-refractivity contribution in [2.45, 2.75) is 52.2 Å². The lowest BCUT2D eigenvalue weighted by molar-refractivity contribution is 0.235. The predicted molar refractivity (Wildman–Crippen MR) is 132 cm³/mol. The van der Waals surface area contributed by atoms with Gasteiger partial charge in [0.25, 0.3) is 0 Å². The Hall–Kier alpha value is -2.57. The number of benzene rings is 1. The lowest BCUT2D eigenvalue weighted by Gasteiger charge is -2.26. The Labute approximate surface area is 195 Å². The van der Waals surface area contributed by atoms with Gasteiger partial charge in [0, 0.05) is 42.5 Å². The van der Waals surface area contributed by atoms with Crippen molar-refractivity contribution in [3.05, 3.63) is 76.4 Å². The molecule has 32 heavy (non-hydrogen) atoms. The average Bonchev–Trinajstić information content (AvgIpc) is 3.43. The molecule has 3 aromatic rings. The summed E-state index contributed by atoms with van der Waals surface area (Å²) < 4.78 is 2.21. The fourth-order valence-corrected chi connectivity index (χ4v) is 5.79. The molecular weight excluding hydrogens is 416 g/mol. The van der Waals surface area contributed by atoms with E-state index in [-0.39, 0.29) is 12.1 Å². The molecular formula is C26H34N4OS. The maximum absolute atomic E-state index is 13.0. The number of nitrogens with one attached hydrogen (secondary N) is 2. The molecule has 0 fully saturated rings. The molecule has 170 valence electrons. The summed E-state index contributed by atoms with van der Waals surface area (Å²) in [5.74, 6) is 0.585. The van der Waals surface area contributed by atoms with Gasteiger partial charge in [-0.1, -0.05) is 44.2 Å². The van der Waals surface area contributed by atoms with Gasteiger partial charge in [-0.3, -0.25) is 0 Å². The second-order valence-electron chi connectivity index (χ2n) is 9.14. The predicted octanol–water partition coefficient (Wildman–Crippen LogP) is 5.50. The van der Waals surface area contributed by atoms with Crippen molar-refractivity contribution >= 4 is 17.4 Å².